The van der Waals surface area contributed by atoms with Crippen molar-refractivity contribution in [2.45, 2.75) is 24.6 Å². The molecule has 33 heavy (non-hydrogen) atoms. The van der Waals surface area contributed by atoms with Crippen molar-refractivity contribution in [3.05, 3.63) is 102 Å². The van der Waals surface area contributed by atoms with Gasteiger partial charge in [0.05, 0.1) is 16.8 Å². The zero-order valence-electron chi connectivity index (χ0n) is 17.4. The van der Waals surface area contributed by atoms with Gasteiger partial charge in [-0.2, -0.15) is 13.2 Å². The first-order chi connectivity index (χ1) is 15.8. The summed E-state index contributed by atoms with van der Waals surface area (Å²) >= 11 is 0. The first kappa shape index (κ1) is 21.0. The second-order valence-electron chi connectivity index (χ2n) is 8.07. The fourth-order valence-corrected chi connectivity index (χ4v) is 3.83. The Morgan fingerprint density at radius 1 is 0.939 bits per heavy atom. The molecule has 1 aliphatic rings. The van der Waals surface area contributed by atoms with E-state index in [0.717, 1.165) is 41.4 Å². The number of hydrogen-bond donors (Lipinski definition) is 1. The number of nitrogens with one attached hydrogen (secondary N) is 1. The topological polar surface area (TPSA) is 51.2 Å². The molecule has 0 bridgehead atoms. The highest BCUT2D eigenvalue weighted by molar-refractivity contribution is 6.00. The van der Waals surface area contributed by atoms with Crippen LogP contribution in [0.2, 0.25) is 0 Å². The normalized spacial score (nSPS) is 14.6. The van der Waals surface area contributed by atoms with Gasteiger partial charge in [-0.1, -0.05) is 18.2 Å². The third-order valence-corrected chi connectivity index (χ3v) is 5.77. The fourth-order valence-electron chi connectivity index (χ4n) is 3.83. The van der Waals surface area contributed by atoms with E-state index < -0.39 is 17.3 Å². The SMILES string of the molecule is O=C(NC1(c2ccccn2)CC1)c1ccc2c(Oc3ccc(C(F)(F)F)cc3)cccc2c1. The van der Waals surface area contributed by atoms with Crippen LogP contribution in [0.15, 0.2) is 85.1 Å². The molecule has 0 atom stereocenters. The van der Waals surface area contributed by atoms with Gasteiger partial charge in [0.1, 0.15) is 11.5 Å². The Hall–Kier alpha value is -3.87. The van der Waals surface area contributed by atoms with Crippen molar-refractivity contribution in [3.63, 3.8) is 0 Å². The van der Waals surface area contributed by atoms with Gasteiger partial charge in [0.15, 0.2) is 0 Å². The minimum Gasteiger partial charge on any atom is -0.457 e. The fraction of sp³-hybridized carbons (Fsp3) is 0.154. The van der Waals surface area contributed by atoms with Gasteiger partial charge in [-0.05, 0) is 78.9 Å². The molecule has 0 unspecified atom stereocenters. The molecule has 1 aromatic heterocycles. The molecule has 0 spiro atoms. The highest BCUT2D eigenvalue weighted by atomic mass is 19.4. The van der Waals surface area contributed by atoms with E-state index in [-0.39, 0.29) is 5.91 Å². The highest BCUT2D eigenvalue weighted by Gasteiger charge is 2.47. The van der Waals surface area contributed by atoms with Gasteiger partial charge in [-0.3, -0.25) is 9.78 Å². The van der Waals surface area contributed by atoms with Crippen LogP contribution in [0.5, 0.6) is 11.5 Å². The number of halogens is 3. The quantitative estimate of drug-likeness (QED) is 0.381. The summed E-state index contributed by atoms with van der Waals surface area (Å²) in [5.74, 6) is 0.601. The molecular formula is C26H19F3N2O2. The molecule has 4 nitrogen and oxygen atoms in total. The minimum atomic E-state index is -4.40. The van der Waals surface area contributed by atoms with E-state index in [4.69, 9.17) is 4.74 Å². The van der Waals surface area contributed by atoms with Crippen LogP contribution in [-0.2, 0) is 11.7 Å². The Bertz CT molecular complexity index is 1320. The van der Waals surface area contributed by atoms with E-state index in [0.29, 0.717) is 17.1 Å². The molecule has 1 saturated carbocycles. The van der Waals surface area contributed by atoms with Crippen LogP contribution in [0, 0.1) is 0 Å². The van der Waals surface area contributed by atoms with Gasteiger partial charge >= 0.3 is 6.18 Å². The maximum atomic E-state index is 12.9. The molecule has 3 aromatic carbocycles. The van der Waals surface area contributed by atoms with Crippen molar-refractivity contribution < 1.29 is 22.7 Å². The number of nitrogens with zero attached hydrogens (tertiary/aromatic N) is 1. The summed E-state index contributed by atoms with van der Waals surface area (Å²) in [7, 11) is 0. The number of ether oxygens (including phenoxy) is 1. The average Bonchev–Trinajstić information content (AvgIpc) is 3.60. The summed E-state index contributed by atoms with van der Waals surface area (Å²) in [4.78, 5) is 17.3. The predicted octanol–water partition coefficient (Wildman–Crippen LogP) is 6.47. The molecule has 1 heterocycles. The standard InChI is InChI=1S/C26H19F3N2O2/c27-26(28,29)19-8-10-20(11-9-19)33-22-5-3-4-17-16-18(7-12-21(17)22)24(32)31-25(13-14-25)23-6-1-2-15-30-23/h1-12,15-16H,13-14H2,(H,31,32). The van der Waals surface area contributed by atoms with Gasteiger partial charge in [0, 0.05) is 17.1 Å². The van der Waals surface area contributed by atoms with Crippen molar-refractivity contribution in [2.24, 2.45) is 0 Å². The number of rotatable bonds is 5. The summed E-state index contributed by atoms with van der Waals surface area (Å²) in [5, 5.41) is 4.65. The van der Waals surface area contributed by atoms with E-state index in [2.05, 4.69) is 10.3 Å². The molecule has 5 rings (SSSR count). The molecule has 166 valence electrons. The smallest absolute Gasteiger partial charge is 0.416 e. The lowest BCUT2D eigenvalue weighted by atomic mass is 10.0. The molecule has 0 aliphatic heterocycles. The number of carbonyl (C=O) groups excluding carboxylic acids is 1. The van der Waals surface area contributed by atoms with Crippen molar-refractivity contribution in [1.29, 1.82) is 0 Å². The molecular weight excluding hydrogens is 429 g/mol. The first-order valence-corrected chi connectivity index (χ1v) is 10.5. The molecule has 0 radical (unpaired) electrons. The third kappa shape index (κ3) is 4.26. The maximum Gasteiger partial charge on any atom is 0.416 e. The number of hydrogen-bond acceptors (Lipinski definition) is 3. The lowest BCUT2D eigenvalue weighted by molar-refractivity contribution is -0.137. The van der Waals surface area contributed by atoms with E-state index >= 15 is 0 Å². The molecule has 1 amide bonds. The Balaban J connectivity index is 1.37. The van der Waals surface area contributed by atoms with Crippen LogP contribution in [-0.4, -0.2) is 10.9 Å². The molecule has 1 N–H and O–H groups in total. The second-order valence-corrected chi connectivity index (χ2v) is 8.07. The molecule has 1 aliphatic carbocycles. The zero-order chi connectivity index (χ0) is 23.1. The Kier molecular flexibility index (Phi) is 5.04. The van der Waals surface area contributed by atoms with Crippen LogP contribution in [0.3, 0.4) is 0 Å². The number of aromatic nitrogens is 1. The van der Waals surface area contributed by atoms with Crippen molar-refractivity contribution >= 4 is 16.7 Å². The highest BCUT2D eigenvalue weighted by Crippen LogP contribution is 2.44. The minimum absolute atomic E-state index is 0.186. The van der Waals surface area contributed by atoms with E-state index in [9.17, 15) is 18.0 Å². The van der Waals surface area contributed by atoms with Crippen LogP contribution in [0.1, 0.15) is 34.5 Å². The molecule has 0 saturated heterocycles. The van der Waals surface area contributed by atoms with Crippen molar-refractivity contribution in [1.82, 2.24) is 10.3 Å². The largest absolute Gasteiger partial charge is 0.457 e. The summed E-state index contributed by atoms with van der Waals surface area (Å²) < 4.78 is 44.2. The number of alkyl halides is 3. The van der Waals surface area contributed by atoms with E-state index in [1.807, 2.05) is 24.3 Å². The summed E-state index contributed by atoms with van der Waals surface area (Å²) in [6, 6.07) is 20.9. The molecule has 4 aromatic rings. The maximum absolute atomic E-state index is 12.9. The van der Waals surface area contributed by atoms with Crippen LogP contribution < -0.4 is 10.1 Å². The zero-order valence-corrected chi connectivity index (χ0v) is 17.4. The number of amides is 1. The van der Waals surface area contributed by atoms with E-state index in [1.54, 1.807) is 36.5 Å². The third-order valence-electron chi connectivity index (χ3n) is 5.77. The van der Waals surface area contributed by atoms with Crippen LogP contribution >= 0.6 is 0 Å². The molecule has 1 fully saturated rings. The Labute approximate surface area is 188 Å². The summed E-state index contributed by atoms with van der Waals surface area (Å²) in [5.41, 5.74) is 0.214. The van der Waals surface area contributed by atoms with Crippen molar-refractivity contribution in [2.75, 3.05) is 0 Å². The average molecular weight is 448 g/mol. The summed E-state index contributed by atoms with van der Waals surface area (Å²) in [6.45, 7) is 0. The van der Waals surface area contributed by atoms with Gasteiger partial charge < -0.3 is 10.1 Å². The summed E-state index contributed by atoms with van der Waals surface area (Å²) in [6.07, 6.45) is -0.997. The van der Waals surface area contributed by atoms with E-state index in [1.165, 1.54) is 12.1 Å². The van der Waals surface area contributed by atoms with Gasteiger partial charge in [0.25, 0.3) is 5.91 Å². The number of fused-ring (bicyclic) bond motifs is 1. The van der Waals surface area contributed by atoms with Gasteiger partial charge in [-0.15, -0.1) is 0 Å². The molecule has 7 heteroatoms. The van der Waals surface area contributed by atoms with Gasteiger partial charge in [0.2, 0.25) is 0 Å². The number of carbonyl (C=O) groups is 1. The monoisotopic (exact) mass is 448 g/mol. The van der Waals surface area contributed by atoms with Crippen LogP contribution in [0.4, 0.5) is 13.2 Å². The van der Waals surface area contributed by atoms with Crippen LogP contribution in [0.25, 0.3) is 10.8 Å². The Morgan fingerprint density at radius 2 is 1.73 bits per heavy atom. The van der Waals surface area contributed by atoms with Crippen molar-refractivity contribution in [3.8, 4) is 11.5 Å². The van der Waals surface area contributed by atoms with Gasteiger partial charge in [-0.25, -0.2) is 0 Å². The Morgan fingerprint density at radius 3 is 2.39 bits per heavy atom. The first-order valence-electron chi connectivity index (χ1n) is 10.5. The number of pyridine rings is 1. The predicted molar refractivity (Wildman–Crippen MR) is 118 cm³/mol. The second kappa shape index (κ2) is 7.92. The number of benzene rings is 3. The lowest BCUT2D eigenvalue weighted by Crippen LogP contribution is -2.35. The lowest BCUT2D eigenvalue weighted by Gasteiger charge is -2.17.